The summed E-state index contributed by atoms with van der Waals surface area (Å²) in [4.78, 5) is 14.6. The largest absolute Gasteiger partial charge is 0.432 e. The molecule has 5 aliphatic carbocycles. The van der Waals surface area contributed by atoms with Gasteiger partial charge in [0.05, 0.1) is 24.2 Å². The van der Waals surface area contributed by atoms with Gasteiger partial charge in [-0.2, -0.15) is 0 Å². The quantitative estimate of drug-likeness (QED) is 0.118. The Morgan fingerprint density at radius 2 is 1.36 bits per heavy atom. The van der Waals surface area contributed by atoms with E-state index in [1.807, 2.05) is 6.92 Å². The highest BCUT2D eigenvalue weighted by Gasteiger charge is 2.70. The van der Waals surface area contributed by atoms with Gasteiger partial charge in [-0.15, -0.1) is 0 Å². The number of aliphatic hydroxyl groups excluding tert-OH is 7. The summed E-state index contributed by atoms with van der Waals surface area (Å²) in [6, 6.07) is 0. The van der Waals surface area contributed by atoms with E-state index in [1.165, 1.54) is 5.57 Å². The number of esters is 1. The molecule has 0 aromatic rings. The zero-order valence-electron chi connectivity index (χ0n) is 34.3. The molecule has 18 atom stereocenters. The summed E-state index contributed by atoms with van der Waals surface area (Å²) in [6.07, 6.45) is -1.76. The van der Waals surface area contributed by atoms with Crippen LogP contribution in [0.15, 0.2) is 11.6 Å². The Hall–Kier alpha value is -1.19. The molecule has 4 saturated carbocycles. The van der Waals surface area contributed by atoms with Gasteiger partial charge >= 0.3 is 5.97 Å². The third-order valence-electron chi connectivity index (χ3n) is 17.4. The Bertz CT molecular complexity index is 1480. The Kier molecular flexibility index (Phi) is 10.9. The van der Waals surface area contributed by atoms with E-state index in [1.54, 1.807) is 0 Å². The van der Waals surface area contributed by atoms with Crippen LogP contribution in [-0.4, -0.2) is 116 Å². The summed E-state index contributed by atoms with van der Waals surface area (Å²) in [5, 5.41) is 73.3. The first-order valence-corrected chi connectivity index (χ1v) is 21.2. The van der Waals surface area contributed by atoms with Crippen molar-refractivity contribution in [2.45, 2.75) is 194 Å². The lowest BCUT2D eigenvalue weighted by Gasteiger charge is -2.71. The van der Waals surface area contributed by atoms with Crippen molar-refractivity contribution in [3.8, 4) is 0 Å². The van der Waals surface area contributed by atoms with E-state index in [0.29, 0.717) is 31.1 Å². The van der Waals surface area contributed by atoms with Crippen LogP contribution in [0.5, 0.6) is 0 Å². The molecule has 0 bridgehead atoms. The van der Waals surface area contributed by atoms with Gasteiger partial charge in [-0.3, -0.25) is 4.79 Å². The molecule has 0 unspecified atom stereocenters. The van der Waals surface area contributed by atoms with E-state index in [4.69, 9.17) is 18.9 Å². The van der Waals surface area contributed by atoms with Gasteiger partial charge in [0, 0.05) is 0 Å². The molecule has 0 aromatic carbocycles. The number of carbonyl (C=O) groups excluding carboxylic acids is 1. The van der Waals surface area contributed by atoms with Crippen LogP contribution in [0, 0.1) is 50.2 Å². The lowest BCUT2D eigenvalue weighted by molar-refractivity contribution is -0.327. The molecular formula is C43H70O12. The summed E-state index contributed by atoms with van der Waals surface area (Å²) >= 11 is 0. The van der Waals surface area contributed by atoms with Gasteiger partial charge in [0.2, 0.25) is 6.29 Å². The van der Waals surface area contributed by atoms with Crippen LogP contribution in [0.25, 0.3) is 0 Å². The third-order valence-corrected chi connectivity index (χ3v) is 17.4. The van der Waals surface area contributed by atoms with Crippen LogP contribution in [0.3, 0.4) is 0 Å². The molecule has 7 aliphatic rings. The van der Waals surface area contributed by atoms with E-state index < -0.39 is 79.4 Å². The van der Waals surface area contributed by atoms with Crippen molar-refractivity contribution in [3.63, 3.8) is 0 Å². The second-order valence-corrected chi connectivity index (χ2v) is 20.9. The Labute approximate surface area is 327 Å². The van der Waals surface area contributed by atoms with Gasteiger partial charge in [0.1, 0.15) is 42.7 Å². The zero-order valence-corrected chi connectivity index (χ0v) is 34.3. The van der Waals surface area contributed by atoms with Gasteiger partial charge in [-0.1, -0.05) is 67.0 Å². The predicted molar refractivity (Wildman–Crippen MR) is 201 cm³/mol. The summed E-state index contributed by atoms with van der Waals surface area (Å²) in [5.74, 6) is 0.205. The molecule has 314 valence electrons. The fourth-order valence-corrected chi connectivity index (χ4v) is 13.7. The second kappa shape index (κ2) is 14.2. The minimum absolute atomic E-state index is 0.00137. The zero-order chi connectivity index (χ0) is 40.3. The molecule has 0 aromatic heterocycles. The first kappa shape index (κ1) is 42.0. The average molecular weight is 779 g/mol. The molecular weight excluding hydrogens is 708 g/mol. The Morgan fingerprint density at radius 1 is 0.745 bits per heavy atom. The minimum Gasteiger partial charge on any atom is -0.432 e. The molecule has 0 spiro atoms. The molecule has 12 nitrogen and oxygen atoms in total. The Balaban J connectivity index is 1.16. The SMILES string of the molecule is CC[C@H]1O[C@@H](O[C@@H]2CC[C@]3(C)[C@H](CC[C@]4(C)[C@@H]3CC=C3[C@H]5CC(C)(C)CC[C@]5(C(=O)O[C@@H]5O[C@H](CO)[C@@H](O)[C@H](O)[C@H]5O)CC[C@]34C)C2(C)C)[C@H](O)[C@@H](O)[C@@H]1O. The van der Waals surface area contributed by atoms with Crippen LogP contribution < -0.4 is 0 Å². The number of fused-ring (bicyclic) bond motifs is 7. The third kappa shape index (κ3) is 6.24. The molecule has 0 radical (unpaired) electrons. The first-order valence-electron chi connectivity index (χ1n) is 21.2. The predicted octanol–water partition coefficient (Wildman–Crippen LogP) is 3.73. The number of allylic oxidation sites excluding steroid dienone is 2. The molecule has 6 fully saturated rings. The molecule has 0 amide bonds. The van der Waals surface area contributed by atoms with Crippen LogP contribution in [0.2, 0.25) is 0 Å². The number of aliphatic hydroxyl groups is 7. The van der Waals surface area contributed by atoms with Crippen molar-refractivity contribution in [2.24, 2.45) is 50.2 Å². The number of carbonyl (C=O) groups is 1. The monoisotopic (exact) mass is 778 g/mol. The first-order chi connectivity index (χ1) is 25.6. The highest BCUT2D eigenvalue weighted by molar-refractivity contribution is 5.79. The molecule has 7 N–H and O–H groups in total. The van der Waals surface area contributed by atoms with Crippen molar-refractivity contribution in [2.75, 3.05) is 6.61 Å². The van der Waals surface area contributed by atoms with Crippen molar-refractivity contribution in [1.82, 2.24) is 0 Å². The van der Waals surface area contributed by atoms with Gasteiger partial charge < -0.3 is 54.7 Å². The lowest BCUT2D eigenvalue weighted by atomic mass is 9.33. The Morgan fingerprint density at radius 3 is 2.02 bits per heavy atom. The molecule has 2 heterocycles. The summed E-state index contributed by atoms with van der Waals surface area (Å²) in [5.41, 5.74) is 0.0569. The summed E-state index contributed by atoms with van der Waals surface area (Å²) < 4.78 is 24.3. The molecule has 2 aliphatic heterocycles. The minimum atomic E-state index is -1.65. The lowest BCUT2D eigenvalue weighted by Crippen LogP contribution is -2.66. The number of hydrogen-bond donors (Lipinski definition) is 7. The highest BCUT2D eigenvalue weighted by atomic mass is 16.7. The standard InChI is InChI=1S/C43H70O12/c1-9-24-29(45)31(47)33(49)35(52-24)54-28-13-14-40(6)26(39(28,4)5)12-15-42(8)27(40)11-10-22-23-20-38(2,3)16-18-43(23,19-17-41(22,42)7)37(51)55-36-34(50)32(48)30(46)25(21-44)53-36/h10,23-36,44-50H,9,11-21H2,1-8H3/t23-,24-,25-,26-,27-,28-,29-,30-,31+,32+,33-,34-,35+,36+,40-,41-,42-,43+/m1/s1. The topological polar surface area (TPSA) is 196 Å². The van der Waals surface area contributed by atoms with Crippen LogP contribution in [0.1, 0.15) is 126 Å². The van der Waals surface area contributed by atoms with E-state index in [9.17, 15) is 40.5 Å². The highest BCUT2D eigenvalue weighted by Crippen LogP contribution is 2.76. The normalized spacial score (nSPS) is 53.1. The second-order valence-electron chi connectivity index (χ2n) is 20.9. The van der Waals surface area contributed by atoms with Crippen LogP contribution in [-0.2, 0) is 23.7 Å². The molecule has 12 heteroatoms. The number of rotatable bonds is 6. The van der Waals surface area contributed by atoms with Crippen molar-refractivity contribution in [1.29, 1.82) is 0 Å². The van der Waals surface area contributed by atoms with Crippen LogP contribution in [0.4, 0.5) is 0 Å². The van der Waals surface area contributed by atoms with Gasteiger partial charge in [-0.25, -0.2) is 0 Å². The van der Waals surface area contributed by atoms with Crippen molar-refractivity contribution in [3.05, 3.63) is 11.6 Å². The maximum atomic E-state index is 14.6. The fourth-order valence-electron chi connectivity index (χ4n) is 13.7. The van der Waals surface area contributed by atoms with Gasteiger partial charge in [-0.05, 0) is 115 Å². The summed E-state index contributed by atoms with van der Waals surface area (Å²) in [6.45, 7) is 17.8. The molecule has 55 heavy (non-hydrogen) atoms. The van der Waals surface area contributed by atoms with E-state index in [0.717, 1.165) is 51.4 Å². The van der Waals surface area contributed by atoms with Gasteiger partial charge in [0.25, 0.3) is 0 Å². The van der Waals surface area contributed by atoms with Crippen molar-refractivity contribution >= 4 is 5.97 Å². The maximum absolute atomic E-state index is 14.6. The van der Waals surface area contributed by atoms with E-state index in [-0.39, 0.29) is 39.1 Å². The summed E-state index contributed by atoms with van der Waals surface area (Å²) in [7, 11) is 0. The molecule has 2 saturated heterocycles. The average Bonchev–Trinajstić information content (AvgIpc) is 3.13. The fraction of sp³-hybridized carbons (Fsp3) is 0.930. The number of ether oxygens (including phenoxy) is 4. The van der Waals surface area contributed by atoms with Crippen LogP contribution >= 0.6 is 0 Å². The van der Waals surface area contributed by atoms with E-state index >= 15 is 0 Å². The maximum Gasteiger partial charge on any atom is 0.315 e. The molecule has 7 rings (SSSR count). The van der Waals surface area contributed by atoms with Gasteiger partial charge in [0.15, 0.2) is 6.29 Å². The number of hydrogen-bond acceptors (Lipinski definition) is 12. The van der Waals surface area contributed by atoms with Crippen molar-refractivity contribution < 1.29 is 59.5 Å². The van der Waals surface area contributed by atoms with E-state index in [2.05, 4.69) is 54.5 Å². The smallest absolute Gasteiger partial charge is 0.315 e.